The van der Waals surface area contributed by atoms with E-state index < -0.39 is 89.6 Å². The lowest BCUT2D eigenvalue weighted by Crippen LogP contribution is -2.49. The molecule has 0 aliphatic heterocycles. The lowest BCUT2D eigenvalue weighted by Gasteiger charge is -2.25. The summed E-state index contributed by atoms with van der Waals surface area (Å²) in [7, 11) is 0. The van der Waals surface area contributed by atoms with Gasteiger partial charge in [-0.05, 0) is 20.8 Å². The van der Waals surface area contributed by atoms with Gasteiger partial charge >= 0.3 is 35.5 Å². The molecule has 0 saturated heterocycles. The van der Waals surface area contributed by atoms with Crippen LogP contribution in [0.25, 0.3) is 0 Å². The minimum Gasteiger partial charge on any atom is -0.240 e. The summed E-state index contributed by atoms with van der Waals surface area (Å²) in [6, 6.07) is 0. The minimum absolute atomic E-state index is 0.0782. The molecule has 234 valence electrons. The summed E-state index contributed by atoms with van der Waals surface area (Å²) in [6.45, 7) is -0.235. The Hall–Kier alpha value is -1.47. The molecule has 0 aromatic carbocycles. The predicted molar refractivity (Wildman–Crippen MR) is 87.6 cm³/mol. The SMILES string of the molecule is CC1(F)[C@@H](F)[C@@H](F)C(F)(F)C1(F)F.CC1(F)[C@@H](F)[C@H](F)C(F)(F)C1(F)F.CC1(F)[C@H](F)[C@@H](F)C(F)(F)C1(F)F. The van der Waals surface area contributed by atoms with E-state index in [0.717, 1.165) is 0 Å². The first kappa shape index (κ1) is 35.6. The van der Waals surface area contributed by atoms with E-state index in [1.165, 1.54) is 0 Å². The molecule has 3 fully saturated rings. The Labute approximate surface area is 203 Å². The molecule has 39 heavy (non-hydrogen) atoms. The average molecular weight is 630 g/mol. The van der Waals surface area contributed by atoms with Crippen molar-refractivity contribution in [3.8, 4) is 0 Å². The Morgan fingerprint density at radius 1 is 0.282 bits per heavy atom. The van der Waals surface area contributed by atoms with E-state index >= 15 is 0 Å². The van der Waals surface area contributed by atoms with Crippen molar-refractivity contribution in [1.82, 2.24) is 0 Å². The maximum absolute atomic E-state index is 12.7. The summed E-state index contributed by atoms with van der Waals surface area (Å²) in [5.74, 6) is -31.8. The number of hydrogen-bond acceptors (Lipinski definition) is 0. The van der Waals surface area contributed by atoms with E-state index in [4.69, 9.17) is 0 Å². The first-order valence-electron chi connectivity index (χ1n) is 9.88. The monoisotopic (exact) mass is 630 g/mol. The van der Waals surface area contributed by atoms with Gasteiger partial charge in [0, 0.05) is 0 Å². The fourth-order valence-electron chi connectivity index (χ4n) is 3.39. The molecule has 3 rings (SSSR count). The van der Waals surface area contributed by atoms with Gasteiger partial charge in [0.1, 0.15) is 0 Å². The van der Waals surface area contributed by atoms with Gasteiger partial charge in [0.2, 0.25) is 35.5 Å². The Balaban J connectivity index is 0.000000292. The van der Waals surface area contributed by atoms with Gasteiger partial charge in [-0.3, -0.25) is 0 Å². The Bertz CT molecular complexity index is 711. The van der Waals surface area contributed by atoms with Gasteiger partial charge in [-0.25, -0.2) is 39.5 Å². The Morgan fingerprint density at radius 2 is 0.410 bits per heavy atom. The standard InChI is InChI=1S/3C6H5F7/c3*1-4(9)2(7)3(8)5(10,11)6(4,12)13/h3*2-3H,1H3/t2-,3+,4?;2*2-,3-,4?/m010/s1. The molecule has 0 spiro atoms. The summed E-state index contributed by atoms with van der Waals surface area (Å²) in [5.41, 5.74) is -12.5. The number of hydrogen-bond donors (Lipinski definition) is 0. The largest absolute Gasteiger partial charge is 0.349 e. The highest BCUT2D eigenvalue weighted by Gasteiger charge is 2.85. The van der Waals surface area contributed by atoms with Crippen LogP contribution in [0, 0.1) is 0 Å². The van der Waals surface area contributed by atoms with Crippen LogP contribution >= 0.6 is 0 Å². The molecule has 3 saturated carbocycles. The molecule has 9 atom stereocenters. The summed E-state index contributed by atoms with van der Waals surface area (Å²) in [4.78, 5) is 0. The quantitative estimate of drug-likeness (QED) is 0.238. The molecule has 0 N–H and O–H groups in total. The summed E-state index contributed by atoms with van der Waals surface area (Å²) in [5, 5.41) is 0. The number of halogens is 21. The van der Waals surface area contributed by atoms with Gasteiger partial charge in [0.15, 0.2) is 18.5 Å². The van der Waals surface area contributed by atoms with Crippen molar-refractivity contribution in [1.29, 1.82) is 0 Å². The van der Waals surface area contributed by atoms with Crippen molar-refractivity contribution in [3.05, 3.63) is 0 Å². The average Bonchev–Trinajstić information content (AvgIpc) is 2.96. The molecular weight excluding hydrogens is 615 g/mol. The zero-order valence-corrected chi connectivity index (χ0v) is 18.9. The van der Waals surface area contributed by atoms with E-state index in [1.54, 1.807) is 0 Å². The van der Waals surface area contributed by atoms with E-state index in [1.807, 2.05) is 0 Å². The second-order valence-electron chi connectivity index (χ2n) is 9.23. The topological polar surface area (TPSA) is 0 Å². The van der Waals surface area contributed by atoms with Gasteiger partial charge in [-0.1, -0.05) is 0 Å². The molecule has 0 nitrogen and oxygen atoms in total. The third-order valence-electron chi connectivity index (χ3n) is 6.46. The lowest BCUT2D eigenvalue weighted by atomic mass is 10.0. The lowest BCUT2D eigenvalue weighted by molar-refractivity contribution is -0.244. The molecule has 0 radical (unpaired) electrons. The highest BCUT2D eigenvalue weighted by atomic mass is 19.3. The molecule has 0 heterocycles. The molecule has 21 heteroatoms. The number of alkyl halides is 21. The van der Waals surface area contributed by atoms with Gasteiger partial charge in [0.25, 0.3) is 0 Å². The molecule has 3 aliphatic rings. The van der Waals surface area contributed by atoms with E-state index in [-0.39, 0.29) is 20.8 Å². The predicted octanol–water partition coefficient (Wildman–Crippen LogP) is 8.03. The third-order valence-corrected chi connectivity index (χ3v) is 6.46. The number of rotatable bonds is 0. The molecule has 3 aliphatic carbocycles. The zero-order chi connectivity index (χ0) is 32.0. The maximum atomic E-state index is 12.7. The summed E-state index contributed by atoms with van der Waals surface area (Å²) >= 11 is 0. The summed E-state index contributed by atoms with van der Waals surface area (Å²) in [6.07, 6.45) is -22.0. The third kappa shape index (κ3) is 4.31. The van der Waals surface area contributed by atoms with Crippen molar-refractivity contribution in [2.75, 3.05) is 0 Å². The van der Waals surface area contributed by atoms with Crippen molar-refractivity contribution >= 4 is 0 Å². The van der Waals surface area contributed by atoms with Crippen LogP contribution in [0.5, 0.6) is 0 Å². The summed E-state index contributed by atoms with van der Waals surface area (Å²) < 4.78 is 260. The van der Waals surface area contributed by atoms with Crippen molar-refractivity contribution < 1.29 is 92.2 Å². The van der Waals surface area contributed by atoms with Gasteiger partial charge < -0.3 is 0 Å². The van der Waals surface area contributed by atoms with Crippen LogP contribution in [-0.4, -0.2) is 89.6 Å². The van der Waals surface area contributed by atoms with Crippen LogP contribution in [0.4, 0.5) is 92.2 Å². The zero-order valence-electron chi connectivity index (χ0n) is 18.9. The van der Waals surface area contributed by atoms with Crippen LogP contribution in [0.3, 0.4) is 0 Å². The van der Waals surface area contributed by atoms with E-state index in [9.17, 15) is 92.2 Å². The van der Waals surface area contributed by atoms with Crippen molar-refractivity contribution in [2.45, 2.75) is 110 Å². The molecular formula is C18H15F21. The molecule has 3 unspecified atom stereocenters. The smallest absolute Gasteiger partial charge is 0.240 e. The van der Waals surface area contributed by atoms with Crippen LogP contribution < -0.4 is 0 Å². The fraction of sp³-hybridized carbons (Fsp3) is 1.00. The minimum atomic E-state index is -5.32. The van der Waals surface area contributed by atoms with Crippen LogP contribution in [-0.2, 0) is 0 Å². The van der Waals surface area contributed by atoms with Gasteiger partial charge in [-0.2, -0.15) is 52.7 Å². The second kappa shape index (κ2) is 9.27. The first-order valence-corrected chi connectivity index (χ1v) is 9.88. The molecule has 0 bridgehead atoms. The van der Waals surface area contributed by atoms with Crippen LogP contribution in [0.15, 0.2) is 0 Å². The van der Waals surface area contributed by atoms with E-state index in [2.05, 4.69) is 0 Å². The van der Waals surface area contributed by atoms with Crippen LogP contribution in [0.1, 0.15) is 20.8 Å². The van der Waals surface area contributed by atoms with E-state index in [0.29, 0.717) is 0 Å². The van der Waals surface area contributed by atoms with Gasteiger partial charge in [-0.15, -0.1) is 0 Å². The van der Waals surface area contributed by atoms with Crippen molar-refractivity contribution in [3.63, 3.8) is 0 Å². The molecule has 0 aromatic rings. The molecule has 0 aromatic heterocycles. The van der Waals surface area contributed by atoms with Gasteiger partial charge in [0.05, 0.1) is 0 Å². The normalized spacial score (nSPS) is 48.0. The van der Waals surface area contributed by atoms with Crippen molar-refractivity contribution in [2.24, 2.45) is 0 Å². The molecule has 0 amide bonds. The second-order valence-corrected chi connectivity index (χ2v) is 9.23. The Kier molecular flexibility index (Phi) is 8.45. The fourth-order valence-corrected chi connectivity index (χ4v) is 3.39. The highest BCUT2D eigenvalue weighted by molar-refractivity contribution is 5.19. The first-order chi connectivity index (χ1) is 16.7. The highest BCUT2D eigenvalue weighted by Crippen LogP contribution is 2.59. The Morgan fingerprint density at radius 3 is 0.436 bits per heavy atom. The van der Waals surface area contributed by atoms with Crippen LogP contribution in [0.2, 0.25) is 0 Å². The maximum Gasteiger partial charge on any atom is 0.349 e.